The van der Waals surface area contributed by atoms with Crippen molar-refractivity contribution in [1.82, 2.24) is 10.6 Å². The zero-order valence-electron chi connectivity index (χ0n) is 11.2. The molecule has 0 unspecified atom stereocenters. The first-order chi connectivity index (χ1) is 9.01. The Bertz CT molecular complexity index is 480. The standard InChI is InChI=1S/C14H18FN3O/c1-10(2)7-18-14(19)9-17-8-12-3-11(6-16)4-13(15)5-12/h3-5,10,17H,7-9H2,1-2H3,(H,18,19). The molecule has 1 aromatic carbocycles. The lowest BCUT2D eigenvalue weighted by molar-refractivity contribution is -0.120. The topological polar surface area (TPSA) is 64.9 Å². The predicted molar refractivity (Wildman–Crippen MR) is 70.7 cm³/mol. The fraction of sp³-hybridized carbons (Fsp3) is 0.429. The van der Waals surface area contributed by atoms with E-state index in [1.165, 1.54) is 12.1 Å². The molecular formula is C14H18FN3O. The van der Waals surface area contributed by atoms with Gasteiger partial charge in [0.25, 0.3) is 0 Å². The Hall–Kier alpha value is -1.93. The molecule has 4 nitrogen and oxygen atoms in total. The maximum Gasteiger partial charge on any atom is 0.233 e. The van der Waals surface area contributed by atoms with Crippen LogP contribution >= 0.6 is 0 Å². The lowest BCUT2D eigenvalue weighted by Gasteiger charge is -2.08. The SMILES string of the molecule is CC(C)CNC(=O)CNCc1cc(F)cc(C#N)c1. The molecule has 5 heteroatoms. The minimum absolute atomic E-state index is 0.0920. The molecule has 1 amide bonds. The maximum atomic E-state index is 13.2. The van der Waals surface area contributed by atoms with Crippen LogP contribution in [0.1, 0.15) is 25.0 Å². The molecule has 0 radical (unpaired) electrons. The van der Waals surface area contributed by atoms with Gasteiger partial charge in [0, 0.05) is 13.1 Å². The summed E-state index contributed by atoms with van der Waals surface area (Å²) in [5.74, 6) is -0.129. The first-order valence-electron chi connectivity index (χ1n) is 6.18. The van der Waals surface area contributed by atoms with Gasteiger partial charge in [-0.15, -0.1) is 0 Å². The second-order valence-electron chi connectivity index (χ2n) is 4.76. The Kier molecular flexibility index (Phi) is 5.97. The highest BCUT2D eigenvalue weighted by molar-refractivity contribution is 5.77. The summed E-state index contributed by atoms with van der Waals surface area (Å²) in [6, 6.07) is 6.02. The number of amides is 1. The number of nitriles is 1. The van der Waals surface area contributed by atoms with Crippen molar-refractivity contribution in [1.29, 1.82) is 5.26 Å². The Morgan fingerprint density at radius 2 is 2.16 bits per heavy atom. The molecule has 0 aromatic heterocycles. The molecule has 1 rings (SSSR count). The normalized spacial score (nSPS) is 10.3. The summed E-state index contributed by atoms with van der Waals surface area (Å²) in [5.41, 5.74) is 0.925. The summed E-state index contributed by atoms with van der Waals surface area (Å²) in [6.45, 7) is 5.19. The van der Waals surface area contributed by atoms with Gasteiger partial charge >= 0.3 is 0 Å². The highest BCUT2D eigenvalue weighted by atomic mass is 19.1. The number of hydrogen-bond donors (Lipinski definition) is 2. The van der Waals surface area contributed by atoms with Gasteiger partial charge in [0.15, 0.2) is 0 Å². The third-order valence-electron chi connectivity index (χ3n) is 2.41. The number of carbonyl (C=O) groups is 1. The van der Waals surface area contributed by atoms with E-state index < -0.39 is 5.82 Å². The average Bonchev–Trinajstić information content (AvgIpc) is 2.35. The molecule has 1 aromatic rings. The third kappa shape index (κ3) is 5.98. The van der Waals surface area contributed by atoms with E-state index in [2.05, 4.69) is 10.6 Å². The molecule has 2 N–H and O–H groups in total. The molecule has 0 saturated heterocycles. The molecule has 0 aliphatic rings. The molecule has 0 atom stereocenters. The highest BCUT2D eigenvalue weighted by Crippen LogP contribution is 2.08. The zero-order chi connectivity index (χ0) is 14.3. The van der Waals surface area contributed by atoms with Crippen molar-refractivity contribution in [2.75, 3.05) is 13.1 Å². The van der Waals surface area contributed by atoms with Gasteiger partial charge in [-0.1, -0.05) is 13.8 Å². The van der Waals surface area contributed by atoms with Gasteiger partial charge in [-0.05, 0) is 29.7 Å². The van der Waals surface area contributed by atoms with Crippen LogP contribution in [0.25, 0.3) is 0 Å². The van der Waals surface area contributed by atoms with E-state index in [4.69, 9.17) is 5.26 Å². The molecule has 0 aliphatic carbocycles. The van der Waals surface area contributed by atoms with E-state index in [1.54, 1.807) is 6.07 Å². The number of hydrogen-bond acceptors (Lipinski definition) is 3. The summed E-state index contributed by atoms with van der Waals surface area (Å²) in [5, 5.41) is 14.4. The quantitative estimate of drug-likeness (QED) is 0.818. The van der Waals surface area contributed by atoms with E-state index in [1.807, 2.05) is 19.9 Å². The fourth-order valence-electron chi connectivity index (χ4n) is 1.52. The summed E-state index contributed by atoms with van der Waals surface area (Å²) >= 11 is 0. The molecule has 0 spiro atoms. The van der Waals surface area contributed by atoms with Gasteiger partial charge in [0.1, 0.15) is 5.82 Å². The van der Waals surface area contributed by atoms with Crippen LogP contribution in [0.5, 0.6) is 0 Å². The van der Waals surface area contributed by atoms with Crippen LogP contribution in [0.15, 0.2) is 18.2 Å². The molecule has 0 aliphatic heterocycles. The van der Waals surface area contributed by atoms with Crippen LogP contribution < -0.4 is 10.6 Å². The molecule has 0 heterocycles. The van der Waals surface area contributed by atoms with Crippen molar-refractivity contribution in [3.63, 3.8) is 0 Å². The lowest BCUT2D eigenvalue weighted by atomic mass is 10.1. The van der Waals surface area contributed by atoms with Crippen molar-refractivity contribution in [3.05, 3.63) is 35.1 Å². The summed E-state index contributed by atoms with van der Waals surface area (Å²) in [6.07, 6.45) is 0. The molecular weight excluding hydrogens is 245 g/mol. The van der Waals surface area contributed by atoms with E-state index in [0.717, 1.165) is 0 Å². The molecule has 0 saturated carbocycles. The number of carbonyl (C=O) groups excluding carboxylic acids is 1. The Labute approximate surface area is 112 Å². The Balaban J connectivity index is 2.39. The molecule has 19 heavy (non-hydrogen) atoms. The average molecular weight is 263 g/mol. The van der Waals surface area contributed by atoms with E-state index in [-0.39, 0.29) is 18.0 Å². The molecule has 102 valence electrons. The smallest absolute Gasteiger partial charge is 0.233 e. The van der Waals surface area contributed by atoms with E-state index in [9.17, 15) is 9.18 Å². The zero-order valence-corrected chi connectivity index (χ0v) is 11.2. The molecule has 0 fully saturated rings. The number of benzene rings is 1. The summed E-state index contributed by atoms with van der Waals surface area (Å²) in [7, 11) is 0. The highest BCUT2D eigenvalue weighted by Gasteiger charge is 2.03. The summed E-state index contributed by atoms with van der Waals surface area (Å²) < 4.78 is 13.2. The van der Waals surface area contributed by atoms with Crippen molar-refractivity contribution in [2.24, 2.45) is 5.92 Å². The summed E-state index contributed by atoms with van der Waals surface area (Å²) in [4.78, 5) is 11.4. The van der Waals surface area contributed by atoms with Crippen LogP contribution in [0.2, 0.25) is 0 Å². The van der Waals surface area contributed by atoms with Crippen molar-refractivity contribution in [3.8, 4) is 6.07 Å². The second kappa shape index (κ2) is 7.49. The minimum atomic E-state index is -0.444. The Morgan fingerprint density at radius 1 is 1.42 bits per heavy atom. The van der Waals surface area contributed by atoms with Crippen LogP contribution in [0.4, 0.5) is 4.39 Å². The van der Waals surface area contributed by atoms with E-state index >= 15 is 0 Å². The fourth-order valence-corrected chi connectivity index (χ4v) is 1.52. The number of nitrogens with zero attached hydrogens (tertiary/aromatic N) is 1. The van der Waals surface area contributed by atoms with Gasteiger partial charge in [0.05, 0.1) is 18.2 Å². The van der Waals surface area contributed by atoms with Crippen molar-refractivity contribution in [2.45, 2.75) is 20.4 Å². The van der Waals surface area contributed by atoms with Crippen LogP contribution in [-0.4, -0.2) is 19.0 Å². The number of halogens is 1. The van der Waals surface area contributed by atoms with Gasteiger partial charge in [0.2, 0.25) is 5.91 Å². The lowest BCUT2D eigenvalue weighted by Crippen LogP contribution is -2.35. The van der Waals surface area contributed by atoms with Gasteiger partial charge < -0.3 is 10.6 Å². The second-order valence-corrected chi connectivity index (χ2v) is 4.76. The molecule has 0 bridgehead atoms. The first kappa shape index (κ1) is 15.1. The Morgan fingerprint density at radius 3 is 2.79 bits per heavy atom. The van der Waals surface area contributed by atoms with Crippen LogP contribution in [0, 0.1) is 23.1 Å². The van der Waals surface area contributed by atoms with Crippen LogP contribution in [0.3, 0.4) is 0 Å². The monoisotopic (exact) mass is 263 g/mol. The number of rotatable bonds is 6. The van der Waals surface area contributed by atoms with E-state index in [0.29, 0.717) is 24.6 Å². The first-order valence-corrected chi connectivity index (χ1v) is 6.18. The maximum absolute atomic E-state index is 13.2. The third-order valence-corrected chi connectivity index (χ3v) is 2.41. The number of nitrogens with one attached hydrogen (secondary N) is 2. The largest absolute Gasteiger partial charge is 0.355 e. The van der Waals surface area contributed by atoms with Crippen molar-refractivity contribution < 1.29 is 9.18 Å². The van der Waals surface area contributed by atoms with Gasteiger partial charge in [-0.25, -0.2) is 4.39 Å². The van der Waals surface area contributed by atoms with Gasteiger partial charge in [-0.2, -0.15) is 5.26 Å². The van der Waals surface area contributed by atoms with Crippen LogP contribution in [-0.2, 0) is 11.3 Å². The predicted octanol–water partition coefficient (Wildman–Crippen LogP) is 1.56. The minimum Gasteiger partial charge on any atom is -0.355 e. The van der Waals surface area contributed by atoms with Gasteiger partial charge in [-0.3, -0.25) is 4.79 Å². The van der Waals surface area contributed by atoms with Crippen molar-refractivity contribution >= 4 is 5.91 Å².